The van der Waals surface area contributed by atoms with Gasteiger partial charge >= 0.3 is 0 Å². The molecule has 1 saturated heterocycles. The fourth-order valence-electron chi connectivity index (χ4n) is 3.65. The minimum Gasteiger partial charge on any atom is -0.491 e. The number of nitrogens with zero attached hydrogens (tertiary/aromatic N) is 4. The number of pyridine rings is 1. The molecular formula is C23H29ClN4O2. The maximum absolute atomic E-state index is 10.4. The number of hydrogen-bond donors (Lipinski definition) is 1. The van der Waals surface area contributed by atoms with Crippen molar-refractivity contribution in [3.8, 4) is 22.9 Å². The zero-order valence-corrected chi connectivity index (χ0v) is 18.2. The van der Waals surface area contributed by atoms with E-state index in [1.165, 1.54) is 0 Å². The minimum atomic E-state index is -0.571. The lowest BCUT2D eigenvalue weighted by molar-refractivity contribution is 0.0460. The van der Waals surface area contributed by atoms with Gasteiger partial charge in [0.05, 0.1) is 6.07 Å². The van der Waals surface area contributed by atoms with Gasteiger partial charge in [0.1, 0.15) is 18.5 Å². The summed E-state index contributed by atoms with van der Waals surface area (Å²) in [6.45, 7) is 7.57. The van der Waals surface area contributed by atoms with Gasteiger partial charge in [-0.2, -0.15) is 5.26 Å². The number of rotatable bonds is 9. The van der Waals surface area contributed by atoms with Crippen molar-refractivity contribution in [2.24, 2.45) is 0 Å². The maximum Gasteiger partial charge on any atom is 0.121 e. The molecule has 1 unspecified atom stereocenters. The molecule has 0 spiro atoms. The zero-order chi connectivity index (χ0) is 21.3. The van der Waals surface area contributed by atoms with Gasteiger partial charge in [0, 0.05) is 62.1 Å². The Morgan fingerprint density at radius 2 is 1.90 bits per heavy atom. The van der Waals surface area contributed by atoms with E-state index in [1.807, 2.05) is 25.3 Å². The van der Waals surface area contributed by atoms with Crippen LogP contribution in [0.5, 0.6) is 5.75 Å². The molecule has 1 aliphatic rings. The van der Waals surface area contributed by atoms with Crippen molar-refractivity contribution in [2.75, 3.05) is 45.9 Å². The van der Waals surface area contributed by atoms with Crippen LogP contribution in [0.1, 0.15) is 18.4 Å². The van der Waals surface area contributed by atoms with Gasteiger partial charge in [-0.15, -0.1) is 0 Å². The fraction of sp³-hybridized carbons (Fsp3) is 0.478. The van der Waals surface area contributed by atoms with Crippen molar-refractivity contribution >= 4 is 11.6 Å². The number of piperazine rings is 1. The largest absolute Gasteiger partial charge is 0.491 e. The summed E-state index contributed by atoms with van der Waals surface area (Å²) in [7, 11) is 0. The van der Waals surface area contributed by atoms with E-state index in [2.05, 4.69) is 26.9 Å². The molecule has 30 heavy (non-hydrogen) atoms. The second-order valence-electron chi connectivity index (χ2n) is 7.80. The van der Waals surface area contributed by atoms with Crippen molar-refractivity contribution in [2.45, 2.75) is 25.9 Å². The van der Waals surface area contributed by atoms with Gasteiger partial charge in [-0.25, -0.2) is 0 Å². The molecule has 0 aliphatic carbocycles. The number of aryl methyl sites for hydroxylation is 1. The Morgan fingerprint density at radius 3 is 2.63 bits per heavy atom. The summed E-state index contributed by atoms with van der Waals surface area (Å²) >= 11 is 6.28. The Morgan fingerprint density at radius 1 is 1.13 bits per heavy atom. The van der Waals surface area contributed by atoms with Crippen molar-refractivity contribution in [1.29, 1.82) is 5.26 Å². The summed E-state index contributed by atoms with van der Waals surface area (Å²) in [6.07, 6.45) is 4.58. The van der Waals surface area contributed by atoms with E-state index in [0.29, 0.717) is 23.7 Å². The summed E-state index contributed by atoms with van der Waals surface area (Å²) in [6, 6.07) is 9.82. The van der Waals surface area contributed by atoms with Gasteiger partial charge in [-0.3, -0.25) is 9.88 Å². The molecule has 3 rings (SSSR count). The highest BCUT2D eigenvalue weighted by Gasteiger charge is 2.19. The number of aliphatic hydroxyl groups excluding tert-OH is 1. The van der Waals surface area contributed by atoms with Crippen LogP contribution in [-0.2, 0) is 0 Å². The molecule has 0 saturated carbocycles. The van der Waals surface area contributed by atoms with Gasteiger partial charge in [0.15, 0.2) is 0 Å². The number of ether oxygens (including phenoxy) is 1. The van der Waals surface area contributed by atoms with E-state index < -0.39 is 6.10 Å². The lowest BCUT2D eigenvalue weighted by atomic mass is 10.1. The summed E-state index contributed by atoms with van der Waals surface area (Å²) in [5.74, 6) is 0.639. The quantitative estimate of drug-likeness (QED) is 0.617. The van der Waals surface area contributed by atoms with Crippen molar-refractivity contribution in [3.63, 3.8) is 0 Å². The van der Waals surface area contributed by atoms with Crippen LogP contribution >= 0.6 is 11.6 Å². The summed E-state index contributed by atoms with van der Waals surface area (Å²) < 4.78 is 5.85. The van der Waals surface area contributed by atoms with Crippen molar-refractivity contribution in [3.05, 3.63) is 47.2 Å². The van der Waals surface area contributed by atoms with Crippen LogP contribution in [0.3, 0.4) is 0 Å². The molecular weight excluding hydrogens is 400 g/mol. The molecule has 0 amide bonds. The second-order valence-corrected chi connectivity index (χ2v) is 8.23. The van der Waals surface area contributed by atoms with Crippen LogP contribution in [0, 0.1) is 18.3 Å². The third-order valence-corrected chi connectivity index (χ3v) is 5.44. The number of aliphatic hydroxyl groups is 1. The predicted octanol–water partition coefficient (Wildman–Crippen LogP) is 3.37. The highest BCUT2D eigenvalue weighted by Crippen LogP contribution is 2.28. The first kappa shape index (κ1) is 22.5. The highest BCUT2D eigenvalue weighted by molar-refractivity contribution is 6.31. The first-order valence-corrected chi connectivity index (χ1v) is 10.8. The number of benzene rings is 1. The van der Waals surface area contributed by atoms with E-state index in [-0.39, 0.29) is 6.61 Å². The van der Waals surface area contributed by atoms with Crippen molar-refractivity contribution < 1.29 is 9.84 Å². The third kappa shape index (κ3) is 6.96. The first-order valence-electron chi connectivity index (χ1n) is 10.4. The Hall–Kier alpha value is -2.17. The van der Waals surface area contributed by atoms with E-state index in [1.54, 1.807) is 12.3 Å². The normalized spacial score (nSPS) is 16.2. The average Bonchev–Trinajstić information content (AvgIpc) is 2.73. The number of nitriles is 1. The van der Waals surface area contributed by atoms with Gasteiger partial charge in [0.2, 0.25) is 0 Å². The molecule has 160 valence electrons. The molecule has 2 heterocycles. The topological polar surface area (TPSA) is 72.6 Å². The molecule has 0 radical (unpaired) electrons. The molecule has 1 fully saturated rings. The summed E-state index contributed by atoms with van der Waals surface area (Å²) in [4.78, 5) is 8.88. The van der Waals surface area contributed by atoms with E-state index in [0.717, 1.165) is 55.8 Å². The molecule has 1 atom stereocenters. The molecule has 2 aromatic rings. The number of unbranched alkanes of at least 4 members (excludes halogenated alkanes) is 1. The van der Waals surface area contributed by atoms with Gasteiger partial charge in [-0.1, -0.05) is 11.6 Å². The fourth-order valence-corrected chi connectivity index (χ4v) is 3.87. The van der Waals surface area contributed by atoms with E-state index in [4.69, 9.17) is 21.6 Å². The average molecular weight is 429 g/mol. The van der Waals surface area contributed by atoms with Crippen molar-refractivity contribution in [1.82, 2.24) is 14.8 Å². The van der Waals surface area contributed by atoms with Gasteiger partial charge in [-0.05, 0) is 55.3 Å². The smallest absolute Gasteiger partial charge is 0.121 e. The van der Waals surface area contributed by atoms with Crippen LogP contribution in [0.15, 0.2) is 36.7 Å². The van der Waals surface area contributed by atoms with Crippen LogP contribution in [0.2, 0.25) is 5.02 Å². The zero-order valence-electron chi connectivity index (χ0n) is 17.4. The number of halogens is 1. The van der Waals surface area contributed by atoms with Crippen LogP contribution in [-0.4, -0.2) is 71.9 Å². The molecule has 1 aromatic carbocycles. The lowest BCUT2D eigenvalue weighted by Crippen LogP contribution is -2.49. The van der Waals surface area contributed by atoms with E-state index >= 15 is 0 Å². The molecule has 1 aliphatic heterocycles. The van der Waals surface area contributed by atoms with Crippen LogP contribution in [0.25, 0.3) is 11.1 Å². The molecule has 1 N–H and O–H groups in total. The highest BCUT2D eigenvalue weighted by atomic mass is 35.5. The van der Waals surface area contributed by atoms with Gasteiger partial charge in [0.25, 0.3) is 0 Å². The number of aromatic nitrogens is 1. The maximum atomic E-state index is 10.4. The SMILES string of the molecule is Cc1cncc(-c2cc(Cl)cc(OCC(O)CN3CCN(CCCC#N)CC3)c2)c1. The number of hydrogen-bond acceptors (Lipinski definition) is 6. The first-order chi connectivity index (χ1) is 14.5. The molecule has 0 bridgehead atoms. The third-order valence-electron chi connectivity index (χ3n) is 5.22. The van der Waals surface area contributed by atoms with E-state index in [9.17, 15) is 5.11 Å². The molecule has 6 nitrogen and oxygen atoms in total. The monoisotopic (exact) mass is 428 g/mol. The van der Waals surface area contributed by atoms with Gasteiger partial charge < -0.3 is 14.7 Å². The Kier molecular flexibility index (Phi) is 8.47. The Balaban J connectivity index is 1.47. The molecule has 1 aromatic heterocycles. The summed E-state index contributed by atoms with van der Waals surface area (Å²) in [5, 5.41) is 19.7. The summed E-state index contributed by atoms with van der Waals surface area (Å²) in [5.41, 5.74) is 3.00. The second kappa shape index (κ2) is 11.3. The Bertz CT molecular complexity index is 863. The lowest BCUT2D eigenvalue weighted by Gasteiger charge is -2.35. The van der Waals surface area contributed by atoms with Crippen LogP contribution < -0.4 is 4.74 Å². The number of β-amino-alcohol motifs (C(OH)–C–C–N with tert-alkyl or cyclic N) is 1. The Labute approximate surface area is 183 Å². The standard InChI is InChI=1S/C23H29ClN4O2/c1-18-10-20(15-26-14-18)19-11-21(24)13-23(12-19)30-17-22(29)16-28-8-6-27(7-9-28)5-3-2-4-25/h10-15,22,29H,2-3,5-9,16-17H2,1H3. The van der Waals surface area contributed by atoms with Crippen LogP contribution in [0.4, 0.5) is 0 Å². The minimum absolute atomic E-state index is 0.217. The predicted molar refractivity (Wildman–Crippen MR) is 119 cm³/mol. The molecule has 7 heteroatoms.